The van der Waals surface area contributed by atoms with Gasteiger partial charge in [-0.1, -0.05) is 36.3 Å². The summed E-state index contributed by atoms with van der Waals surface area (Å²) in [7, 11) is 3.55. The van der Waals surface area contributed by atoms with E-state index in [1.54, 1.807) is 53.7 Å². The molecule has 2 saturated heterocycles. The number of morpholine rings is 1. The van der Waals surface area contributed by atoms with E-state index < -0.39 is 5.92 Å². The number of rotatable bonds is 6. The summed E-state index contributed by atoms with van der Waals surface area (Å²) in [4.78, 5) is 66.5. The smallest absolute Gasteiger partial charge is 0.328 e. The average Bonchev–Trinajstić information content (AvgIpc) is 3.76. The first-order valence-electron chi connectivity index (χ1n) is 18.6. The number of amides is 3. The predicted molar refractivity (Wildman–Crippen MR) is 214 cm³/mol. The molecule has 1 unspecified atom stereocenters. The summed E-state index contributed by atoms with van der Waals surface area (Å²) in [5, 5.41) is 7.80. The van der Waals surface area contributed by atoms with Gasteiger partial charge in [-0.05, 0) is 53.6 Å². The Morgan fingerprint density at radius 1 is 0.930 bits per heavy atom. The van der Waals surface area contributed by atoms with Crippen LogP contribution in [0.1, 0.15) is 40.6 Å². The number of hydrogen-bond acceptors (Lipinski definition) is 10. The zero-order chi connectivity index (χ0) is 39.2. The van der Waals surface area contributed by atoms with E-state index in [0.717, 1.165) is 55.4 Å². The normalized spacial score (nSPS) is 15.8. The van der Waals surface area contributed by atoms with E-state index >= 15 is 0 Å². The number of carbonyl (C=O) groups is 3. The lowest BCUT2D eigenvalue weighted by Gasteiger charge is -2.29. The topological polar surface area (TPSA) is 166 Å². The number of fused-ring (bicyclic) bond motifs is 3. The van der Waals surface area contributed by atoms with Crippen molar-refractivity contribution in [2.45, 2.75) is 18.8 Å². The summed E-state index contributed by atoms with van der Waals surface area (Å²) in [5.74, 6) is 5.60. The van der Waals surface area contributed by atoms with E-state index in [1.165, 1.54) is 0 Å². The van der Waals surface area contributed by atoms with Crippen LogP contribution in [-0.2, 0) is 28.4 Å². The Hall–Kier alpha value is -7.11. The van der Waals surface area contributed by atoms with E-state index in [9.17, 15) is 19.2 Å². The Balaban J connectivity index is 0.907. The third-order valence-electron chi connectivity index (χ3n) is 10.6. The number of anilines is 1. The van der Waals surface area contributed by atoms with Gasteiger partial charge < -0.3 is 19.4 Å². The van der Waals surface area contributed by atoms with Gasteiger partial charge in [-0.3, -0.25) is 38.8 Å². The lowest BCUT2D eigenvalue weighted by molar-refractivity contribution is -0.134. The number of aromatic nitrogens is 5. The van der Waals surface area contributed by atoms with Crippen molar-refractivity contribution in [1.82, 2.24) is 34.7 Å². The first-order chi connectivity index (χ1) is 27.7. The predicted octanol–water partition coefficient (Wildman–Crippen LogP) is 4.43. The van der Waals surface area contributed by atoms with Crippen LogP contribution in [0.4, 0.5) is 5.82 Å². The number of carbonyl (C=O) groups excluding carboxylic acids is 3. The second kappa shape index (κ2) is 14.5. The number of imide groups is 1. The SMILES string of the molecule is Cn1c(=O)n(C)c2c(N3CCOCC3)nc(-c3cccc4cc(-c5ccc(C(=O)NCC#Cc6cc7c(C8CCC(=O)NC8=O)cccc7o6)nc5)ncc34)cc21. The first-order valence-corrected chi connectivity index (χ1v) is 18.6. The third-order valence-corrected chi connectivity index (χ3v) is 10.6. The van der Waals surface area contributed by atoms with Crippen LogP contribution in [0.25, 0.3) is 55.3 Å². The number of imidazole rings is 1. The molecule has 57 heavy (non-hydrogen) atoms. The van der Waals surface area contributed by atoms with E-state index in [-0.39, 0.29) is 42.1 Å². The van der Waals surface area contributed by atoms with Crippen molar-refractivity contribution in [1.29, 1.82) is 0 Å². The molecular formula is C43H36N8O6. The van der Waals surface area contributed by atoms with Crippen LogP contribution in [0, 0.1) is 11.8 Å². The molecule has 2 N–H and O–H groups in total. The third kappa shape index (κ3) is 6.57. The van der Waals surface area contributed by atoms with Crippen molar-refractivity contribution in [3.8, 4) is 34.4 Å². The fraction of sp³-hybridized carbons (Fsp3) is 0.233. The highest BCUT2D eigenvalue weighted by Gasteiger charge is 2.30. The molecule has 7 heterocycles. The minimum atomic E-state index is -0.444. The van der Waals surface area contributed by atoms with Crippen LogP contribution in [0.3, 0.4) is 0 Å². The number of nitrogens with zero attached hydrogens (tertiary/aromatic N) is 6. The number of aryl methyl sites for hydroxylation is 2. The maximum atomic E-state index is 13.0. The minimum absolute atomic E-state index is 0.0597. The number of benzene rings is 2. The summed E-state index contributed by atoms with van der Waals surface area (Å²) in [6.45, 7) is 2.60. The van der Waals surface area contributed by atoms with Crippen molar-refractivity contribution >= 4 is 56.3 Å². The molecule has 2 fully saturated rings. The molecule has 14 nitrogen and oxygen atoms in total. The highest BCUT2D eigenvalue weighted by molar-refractivity contribution is 6.03. The molecule has 2 aromatic carbocycles. The molecule has 3 amide bonds. The van der Waals surface area contributed by atoms with Crippen LogP contribution in [0.5, 0.6) is 0 Å². The van der Waals surface area contributed by atoms with Gasteiger partial charge in [0.25, 0.3) is 5.91 Å². The molecule has 0 saturated carbocycles. The fourth-order valence-corrected chi connectivity index (χ4v) is 7.66. The van der Waals surface area contributed by atoms with Crippen molar-refractivity contribution < 1.29 is 23.5 Å². The number of ether oxygens (including phenoxy) is 1. The second-order valence-corrected chi connectivity index (χ2v) is 14.1. The molecule has 2 aliphatic heterocycles. The van der Waals surface area contributed by atoms with Crippen LogP contribution in [0.15, 0.2) is 88.3 Å². The van der Waals surface area contributed by atoms with Gasteiger partial charge in [0.05, 0.1) is 42.6 Å². The molecule has 9 rings (SSSR count). The maximum absolute atomic E-state index is 13.0. The summed E-state index contributed by atoms with van der Waals surface area (Å²) in [5.41, 5.74) is 6.15. The Bertz CT molecular complexity index is 2890. The molecule has 5 aromatic heterocycles. The minimum Gasteiger partial charge on any atom is -0.448 e. The number of hydrogen-bond donors (Lipinski definition) is 2. The van der Waals surface area contributed by atoms with Crippen molar-refractivity contribution in [3.63, 3.8) is 0 Å². The monoisotopic (exact) mass is 760 g/mol. The summed E-state index contributed by atoms with van der Waals surface area (Å²) in [6, 6.07) is 20.7. The maximum Gasteiger partial charge on any atom is 0.328 e. The summed E-state index contributed by atoms with van der Waals surface area (Å²) in [6.07, 6.45) is 4.16. The van der Waals surface area contributed by atoms with Crippen molar-refractivity contribution in [2.24, 2.45) is 14.1 Å². The Kier molecular flexibility index (Phi) is 9.06. The van der Waals surface area contributed by atoms with Gasteiger partial charge in [0.2, 0.25) is 11.8 Å². The molecule has 0 spiro atoms. The lowest BCUT2D eigenvalue weighted by Crippen LogP contribution is -2.39. The van der Waals surface area contributed by atoms with Gasteiger partial charge in [0, 0.05) is 74.0 Å². The first kappa shape index (κ1) is 35.6. The summed E-state index contributed by atoms with van der Waals surface area (Å²) >= 11 is 0. The number of nitrogens with one attached hydrogen (secondary N) is 2. The number of piperidine rings is 1. The fourth-order valence-electron chi connectivity index (χ4n) is 7.66. The Morgan fingerprint density at radius 3 is 2.58 bits per heavy atom. The van der Waals surface area contributed by atoms with Gasteiger partial charge in [-0.2, -0.15) is 0 Å². The van der Waals surface area contributed by atoms with Gasteiger partial charge in [-0.25, -0.2) is 9.78 Å². The lowest BCUT2D eigenvalue weighted by atomic mass is 9.88. The molecule has 7 aromatic rings. The van der Waals surface area contributed by atoms with E-state index in [0.29, 0.717) is 49.8 Å². The van der Waals surface area contributed by atoms with E-state index in [1.807, 2.05) is 48.7 Å². The van der Waals surface area contributed by atoms with Gasteiger partial charge in [-0.15, -0.1) is 0 Å². The second-order valence-electron chi connectivity index (χ2n) is 14.1. The van der Waals surface area contributed by atoms with Gasteiger partial charge in [0.1, 0.15) is 16.8 Å². The molecule has 14 heteroatoms. The molecule has 0 bridgehead atoms. The van der Waals surface area contributed by atoms with Gasteiger partial charge in [0.15, 0.2) is 11.6 Å². The zero-order valence-electron chi connectivity index (χ0n) is 31.2. The molecule has 0 radical (unpaired) electrons. The molecular weight excluding hydrogens is 725 g/mol. The van der Waals surface area contributed by atoms with Crippen LogP contribution < -0.4 is 21.2 Å². The van der Waals surface area contributed by atoms with Crippen molar-refractivity contribution in [2.75, 3.05) is 37.7 Å². The number of pyridine rings is 3. The van der Waals surface area contributed by atoms with Crippen molar-refractivity contribution in [3.05, 3.63) is 107 Å². The molecule has 2 aliphatic rings. The van der Waals surface area contributed by atoms with Crippen LogP contribution in [0.2, 0.25) is 0 Å². The zero-order valence-corrected chi connectivity index (χ0v) is 31.2. The van der Waals surface area contributed by atoms with E-state index in [4.69, 9.17) is 19.1 Å². The van der Waals surface area contributed by atoms with Crippen LogP contribution in [-0.4, -0.2) is 74.7 Å². The Morgan fingerprint density at radius 2 is 1.77 bits per heavy atom. The Labute approximate surface area is 325 Å². The highest BCUT2D eigenvalue weighted by Crippen LogP contribution is 2.35. The number of furan rings is 1. The van der Waals surface area contributed by atoms with Crippen LogP contribution >= 0.6 is 0 Å². The standard InChI is InChI=1S/C43H36N8O6/c1-49-36-22-35(47-40(39(36)50(2)43(49)55)51-16-18-56-19-17-51)29-9-3-6-25-20-34(46-24-32(25)29)26-11-13-33(45-23-26)42(54)44-15-5-7-27-21-31-28(8-4-10-37(31)57-27)30-12-14-38(52)48-41(30)53/h3-4,6,8-11,13,20-24,30H,12,14-19H2,1-2H3,(H,44,54)(H,48,52,53). The molecule has 0 aliphatic carbocycles. The van der Waals surface area contributed by atoms with E-state index in [2.05, 4.69) is 32.4 Å². The highest BCUT2D eigenvalue weighted by atomic mass is 16.5. The largest absolute Gasteiger partial charge is 0.448 e. The quantitative estimate of drug-likeness (QED) is 0.183. The average molecular weight is 761 g/mol. The molecule has 284 valence electrons. The van der Waals surface area contributed by atoms with Gasteiger partial charge >= 0.3 is 5.69 Å². The molecule has 1 atom stereocenters. The summed E-state index contributed by atoms with van der Waals surface area (Å²) < 4.78 is 14.8.